The van der Waals surface area contributed by atoms with Crippen molar-refractivity contribution in [3.63, 3.8) is 0 Å². The van der Waals surface area contributed by atoms with Crippen LogP contribution >= 0.6 is 0 Å². The summed E-state index contributed by atoms with van der Waals surface area (Å²) in [6.45, 7) is 0.469. The second kappa shape index (κ2) is 5.23. The molecule has 20 heavy (non-hydrogen) atoms. The van der Waals surface area contributed by atoms with Crippen molar-refractivity contribution in [2.45, 2.75) is 6.54 Å². The molecule has 0 radical (unpaired) electrons. The normalized spacial score (nSPS) is 10.7. The van der Waals surface area contributed by atoms with Gasteiger partial charge in [-0.15, -0.1) is 0 Å². The lowest BCUT2D eigenvalue weighted by Gasteiger charge is -2.12. The van der Waals surface area contributed by atoms with Gasteiger partial charge in [0.05, 0.1) is 11.4 Å². The lowest BCUT2D eigenvalue weighted by molar-refractivity contribution is 1.07. The van der Waals surface area contributed by atoms with Crippen molar-refractivity contribution in [3.05, 3.63) is 65.9 Å². The Balaban J connectivity index is 2.35. The molecule has 0 spiro atoms. The molecule has 3 rings (SSSR count). The van der Waals surface area contributed by atoms with E-state index in [1.165, 1.54) is 11.6 Å². The van der Waals surface area contributed by atoms with E-state index in [4.69, 9.17) is 11.1 Å². The van der Waals surface area contributed by atoms with Crippen LogP contribution < -0.4 is 5.73 Å². The monoisotopic (exact) mass is 261 g/mol. The number of pyridine rings is 1. The van der Waals surface area contributed by atoms with Gasteiger partial charge in [0.15, 0.2) is 0 Å². The number of hydrogen-bond donors (Lipinski definition) is 2. The van der Waals surface area contributed by atoms with Crippen LogP contribution in [0.2, 0.25) is 0 Å². The second-order valence-electron chi connectivity index (χ2n) is 4.62. The first-order valence-corrected chi connectivity index (χ1v) is 6.52. The van der Waals surface area contributed by atoms with Gasteiger partial charge in [-0.2, -0.15) is 0 Å². The summed E-state index contributed by atoms with van der Waals surface area (Å²) in [5.41, 5.74) is 9.52. The van der Waals surface area contributed by atoms with E-state index in [9.17, 15) is 0 Å². The van der Waals surface area contributed by atoms with E-state index < -0.39 is 0 Å². The van der Waals surface area contributed by atoms with E-state index in [1.807, 2.05) is 30.3 Å². The summed E-state index contributed by atoms with van der Waals surface area (Å²) in [5.74, 6) is 0. The summed E-state index contributed by atoms with van der Waals surface area (Å²) in [4.78, 5) is 4.52. The van der Waals surface area contributed by atoms with Crippen LogP contribution in [0.1, 0.15) is 11.3 Å². The van der Waals surface area contributed by atoms with Crippen LogP contribution in [-0.4, -0.2) is 11.2 Å². The first kappa shape index (κ1) is 12.5. The van der Waals surface area contributed by atoms with Crippen LogP contribution in [0.3, 0.4) is 0 Å². The SMILES string of the molecule is N=Cc1cccc(-c2c(CN)ccc3ccccc23)n1. The van der Waals surface area contributed by atoms with Gasteiger partial charge in [0.25, 0.3) is 0 Å². The topological polar surface area (TPSA) is 62.8 Å². The summed E-state index contributed by atoms with van der Waals surface area (Å²) >= 11 is 0. The summed E-state index contributed by atoms with van der Waals surface area (Å²) in [7, 11) is 0. The van der Waals surface area contributed by atoms with Gasteiger partial charge in [-0.25, -0.2) is 4.98 Å². The molecule has 2 aromatic carbocycles. The van der Waals surface area contributed by atoms with E-state index in [0.717, 1.165) is 22.2 Å². The molecule has 0 aliphatic rings. The van der Waals surface area contributed by atoms with Crippen LogP contribution in [0.25, 0.3) is 22.0 Å². The minimum absolute atomic E-state index is 0.469. The van der Waals surface area contributed by atoms with Crippen molar-refractivity contribution in [1.29, 1.82) is 5.41 Å². The molecule has 3 heteroatoms. The minimum Gasteiger partial charge on any atom is -0.326 e. The van der Waals surface area contributed by atoms with Gasteiger partial charge in [0.1, 0.15) is 0 Å². The first-order chi connectivity index (χ1) is 9.83. The Hall–Kier alpha value is -2.52. The molecule has 3 N–H and O–H groups in total. The number of aromatic nitrogens is 1. The van der Waals surface area contributed by atoms with E-state index in [0.29, 0.717) is 12.2 Å². The van der Waals surface area contributed by atoms with Crippen molar-refractivity contribution in [3.8, 4) is 11.3 Å². The third kappa shape index (κ3) is 2.08. The molecule has 0 aliphatic carbocycles. The molecule has 0 saturated heterocycles. The summed E-state index contributed by atoms with van der Waals surface area (Å²) < 4.78 is 0. The predicted octanol–water partition coefficient (Wildman–Crippen LogP) is 3.36. The van der Waals surface area contributed by atoms with Gasteiger partial charge in [-0.05, 0) is 28.5 Å². The number of hydrogen-bond acceptors (Lipinski definition) is 3. The number of nitrogens with one attached hydrogen (secondary N) is 1. The van der Waals surface area contributed by atoms with Crippen LogP contribution in [0, 0.1) is 5.41 Å². The highest BCUT2D eigenvalue weighted by molar-refractivity contribution is 5.97. The van der Waals surface area contributed by atoms with Gasteiger partial charge in [-0.3, -0.25) is 0 Å². The lowest BCUT2D eigenvalue weighted by atomic mass is 9.96. The van der Waals surface area contributed by atoms with Gasteiger partial charge < -0.3 is 11.1 Å². The zero-order valence-electron chi connectivity index (χ0n) is 11.0. The third-order valence-electron chi connectivity index (χ3n) is 3.41. The fourth-order valence-corrected chi connectivity index (χ4v) is 2.46. The molecule has 3 nitrogen and oxygen atoms in total. The molecular weight excluding hydrogens is 246 g/mol. The van der Waals surface area contributed by atoms with Crippen LogP contribution in [-0.2, 0) is 6.54 Å². The molecule has 0 unspecified atom stereocenters. The Morgan fingerprint density at radius 3 is 2.65 bits per heavy atom. The van der Waals surface area contributed by atoms with Gasteiger partial charge in [-0.1, -0.05) is 42.5 Å². The first-order valence-electron chi connectivity index (χ1n) is 6.52. The van der Waals surface area contributed by atoms with Crippen LogP contribution in [0.15, 0.2) is 54.6 Å². The van der Waals surface area contributed by atoms with Crippen LogP contribution in [0.5, 0.6) is 0 Å². The standard InChI is InChI=1S/C17H15N3/c18-10-13-9-8-12-4-1-2-6-15(12)17(13)16-7-3-5-14(11-19)20-16/h1-9,11,19H,10,18H2. The zero-order chi connectivity index (χ0) is 13.9. The summed E-state index contributed by atoms with van der Waals surface area (Å²) in [5, 5.41) is 9.66. The Morgan fingerprint density at radius 2 is 1.85 bits per heavy atom. The third-order valence-corrected chi connectivity index (χ3v) is 3.41. The molecule has 0 fully saturated rings. The number of nitrogens with two attached hydrogens (primary N) is 1. The predicted molar refractivity (Wildman–Crippen MR) is 83.0 cm³/mol. The maximum absolute atomic E-state index is 7.35. The molecule has 3 aromatic rings. The molecular formula is C17H15N3. The van der Waals surface area contributed by atoms with E-state index in [-0.39, 0.29) is 0 Å². The average Bonchev–Trinajstić information content (AvgIpc) is 2.53. The molecule has 0 aliphatic heterocycles. The summed E-state index contributed by atoms with van der Waals surface area (Å²) in [6, 6.07) is 18.1. The van der Waals surface area contributed by atoms with Crippen molar-refractivity contribution in [2.75, 3.05) is 0 Å². The van der Waals surface area contributed by atoms with Gasteiger partial charge >= 0.3 is 0 Å². The molecule has 0 amide bonds. The molecule has 0 bridgehead atoms. The van der Waals surface area contributed by atoms with E-state index in [1.54, 1.807) is 0 Å². The zero-order valence-corrected chi connectivity index (χ0v) is 11.0. The number of nitrogens with zero attached hydrogens (tertiary/aromatic N) is 1. The molecule has 1 heterocycles. The highest BCUT2D eigenvalue weighted by Gasteiger charge is 2.10. The minimum atomic E-state index is 0.469. The maximum Gasteiger partial charge on any atom is 0.0812 e. The van der Waals surface area contributed by atoms with E-state index >= 15 is 0 Å². The number of benzene rings is 2. The Labute approximate surface area is 117 Å². The van der Waals surface area contributed by atoms with Crippen molar-refractivity contribution < 1.29 is 0 Å². The molecule has 98 valence electrons. The van der Waals surface area contributed by atoms with Crippen molar-refractivity contribution in [2.24, 2.45) is 5.73 Å². The Morgan fingerprint density at radius 1 is 1.00 bits per heavy atom. The van der Waals surface area contributed by atoms with Gasteiger partial charge in [0.2, 0.25) is 0 Å². The molecule has 0 saturated carbocycles. The van der Waals surface area contributed by atoms with Crippen molar-refractivity contribution in [1.82, 2.24) is 4.98 Å². The summed E-state index contributed by atoms with van der Waals surface area (Å²) in [6.07, 6.45) is 1.26. The van der Waals surface area contributed by atoms with Gasteiger partial charge in [0, 0.05) is 18.3 Å². The largest absolute Gasteiger partial charge is 0.326 e. The van der Waals surface area contributed by atoms with Crippen molar-refractivity contribution >= 4 is 17.0 Å². The fraction of sp³-hybridized carbons (Fsp3) is 0.0588. The highest BCUT2D eigenvalue weighted by Crippen LogP contribution is 2.31. The fourth-order valence-electron chi connectivity index (χ4n) is 2.46. The maximum atomic E-state index is 7.35. The highest BCUT2D eigenvalue weighted by atomic mass is 14.7. The number of fused-ring (bicyclic) bond motifs is 1. The average molecular weight is 261 g/mol. The Kier molecular flexibility index (Phi) is 3.27. The molecule has 0 atom stereocenters. The second-order valence-corrected chi connectivity index (χ2v) is 4.62. The Bertz CT molecular complexity index is 778. The van der Waals surface area contributed by atoms with E-state index in [2.05, 4.69) is 29.2 Å². The molecule has 1 aromatic heterocycles. The smallest absolute Gasteiger partial charge is 0.0812 e. The lowest BCUT2D eigenvalue weighted by Crippen LogP contribution is -2.01. The quantitative estimate of drug-likeness (QED) is 0.710. The number of rotatable bonds is 3. The van der Waals surface area contributed by atoms with Crippen LogP contribution in [0.4, 0.5) is 0 Å².